The van der Waals surface area contributed by atoms with Gasteiger partial charge in [0.2, 0.25) is 5.95 Å². The Labute approximate surface area is 149 Å². The molecule has 1 N–H and O–H groups in total. The molecule has 0 radical (unpaired) electrons. The fourth-order valence-corrected chi connectivity index (χ4v) is 4.38. The summed E-state index contributed by atoms with van der Waals surface area (Å²) in [7, 11) is 0. The Balaban J connectivity index is 1.45. The molecule has 0 aromatic carbocycles. The summed E-state index contributed by atoms with van der Waals surface area (Å²) in [5, 5.41) is 8.67. The molecule has 0 bridgehead atoms. The number of likely N-dealkylation sites (tertiary alicyclic amines) is 1. The first-order valence-electron chi connectivity index (χ1n) is 8.98. The van der Waals surface area contributed by atoms with Gasteiger partial charge >= 0.3 is 0 Å². The molecule has 1 saturated heterocycles. The molecule has 8 heteroatoms. The Morgan fingerprint density at radius 3 is 2.81 bits per heavy atom. The van der Waals surface area contributed by atoms with Gasteiger partial charge in [0.1, 0.15) is 5.52 Å². The van der Waals surface area contributed by atoms with Gasteiger partial charge in [0.05, 0.1) is 17.5 Å². The van der Waals surface area contributed by atoms with Crippen LogP contribution >= 0.6 is 0 Å². The number of nitrogens with one attached hydrogen (secondary N) is 1. The third kappa shape index (κ3) is 2.14. The summed E-state index contributed by atoms with van der Waals surface area (Å²) in [5.74, 6) is 0.307. The van der Waals surface area contributed by atoms with Crippen LogP contribution in [-0.4, -0.2) is 48.3 Å². The standard InChI is InChI=1S/C18H20N6O2/c1-12-13(16(26)22-10-18(11-22)6-2-3-7-18)9-19-24(12)17-20-15(25)14-5-4-8-23(14)21-17/h4-5,8-9H,2-3,6-7,10-11H2,1H3,(H,20,21,25). The molecule has 5 rings (SSSR count). The maximum atomic E-state index is 12.8. The highest BCUT2D eigenvalue weighted by atomic mass is 16.2. The minimum Gasteiger partial charge on any atom is -0.337 e. The maximum Gasteiger partial charge on any atom is 0.276 e. The van der Waals surface area contributed by atoms with E-state index in [1.165, 1.54) is 34.9 Å². The van der Waals surface area contributed by atoms with Crippen molar-refractivity contribution in [3.63, 3.8) is 0 Å². The third-order valence-corrected chi connectivity index (χ3v) is 5.83. The zero-order chi connectivity index (χ0) is 17.9. The number of carbonyl (C=O) groups is 1. The zero-order valence-corrected chi connectivity index (χ0v) is 14.6. The first-order chi connectivity index (χ1) is 12.6. The minimum atomic E-state index is -0.242. The highest BCUT2D eigenvalue weighted by Crippen LogP contribution is 2.45. The maximum absolute atomic E-state index is 12.8. The van der Waals surface area contributed by atoms with E-state index >= 15 is 0 Å². The van der Waals surface area contributed by atoms with Crippen molar-refractivity contribution in [3.8, 4) is 5.95 Å². The van der Waals surface area contributed by atoms with Gasteiger partial charge in [-0.25, -0.2) is 9.20 Å². The molecule has 3 aromatic rings. The van der Waals surface area contributed by atoms with Gasteiger partial charge in [-0.05, 0) is 31.9 Å². The SMILES string of the molecule is Cc1c(C(=O)N2CC3(CCCC3)C2)cnn1-c1nn2cccc2c(=O)[nH]1. The van der Waals surface area contributed by atoms with E-state index < -0.39 is 0 Å². The van der Waals surface area contributed by atoms with E-state index in [2.05, 4.69) is 15.2 Å². The molecule has 26 heavy (non-hydrogen) atoms. The highest BCUT2D eigenvalue weighted by Gasteiger charge is 2.47. The van der Waals surface area contributed by atoms with Crippen molar-refractivity contribution >= 4 is 11.4 Å². The lowest BCUT2D eigenvalue weighted by Gasteiger charge is -2.48. The number of nitrogens with zero attached hydrogens (tertiary/aromatic N) is 5. The molecule has 134 valence electrons. The second-order valence-corrected chi connectivity index (χ2v) is 7.54. The lowest BCUT2D eigenvalue weighted by atomic mass is 9.78. The van der Waals surface area contributed by atoms with Gasteiger partial charge in [-0.15, -0.1) is 5.10 Å². The molecule has 0 unspecified atom stereocenters. The van der Waals surface area contributed by atoms with Crippen LogP contribution in [0.2, 0.25) is 0 Å². The van der Waals surface area contributed by atoms with Crippen molar-refractivity contribution in [1.29, 1.82) is 0 Å². The molecule has 1 aliphatic carbocycles. The molecule has 1 aliphatic heterocycles. The molecule has 1 amide bonds. The molecule has 8 nitrogen and oxygen atoms in total. The number of aromatic amines is 1. The summed E-state index contributed by atoms with van der Waals surface area (Å²) in [4.78, 5) is 29.6. The van der Waals surface area contributed by atoms with Crippen LogP contribution in [0.25, 0.3) is 11.5 Å². The van der Waals surface area contributed by atoms with Gasteiger partial charge in [0.25, 0.3) is 11.5 Å². The van der Waals surface area contributed by atoms with Crippen molar-refractivity contribution in [2.24, 2.45) is 5.41 Å². The van der Waals surface area contributed by atoms with Crippen LogP contribution in [-0.2, 0) is 0 Å². The van der Waals surface area contributed by atoms with Crippen LogP contribution < -0.4 is 5.56 Å². The van der Waals surface area contributed by atoms with Crippen LogP contribution in [0.3, 0.4) is 0 Å². The molecule has 2 fully saturated rings. The Hall–Kier alpha value is -2.90. The molecule has 1 saturated carbocycles. The first kappa shape index (κ1) is 15.4. The van der Waals surface area contributed by atoms with Crippen LogP contribution in [0, 0.1) is 12.3 Å². The van der Waals surface area contributed by atoms with E-state index in [-0.39, 0.29) is 11.5 Å². The van der Waals surface area contributed by atoms with Crippen LogP contribution in [0.5, 0.6) is 0 Å². The number of rotatable bonds is 2. The van der Waals surface area contributed by atoms with E-state index in [1.807, 2.05) is 11.8 Å². The number of hydrogen-bond donors (Lipinski definition) is 1. The monoisotopic (exact) mass is 352 g/mol. The Kier molecular flexibility index (Phi) is 3.13. The summed E-state index contributed by atoms with van der Waals surface area (Å²) in [6.07, 6.45) is 8.30. The Morgan fingerprint density at radius 1 is 1.27 bits per heavy atom. The molecule has 4 heterocycles. The second kappa shape index (κ2) is 5.30. The average Bonchev–Trinajstić information content (AvgIpc) is 3.31. The van der Waals surface area contributed by atoms with Crippen LogP contribution in [0.4, 0.5) is 0 Å². The summed E-state index contributed by atoms with van der Waals surface area (Å²) in [5.41, 5.74) is 1.84. The first-order valence-corrected chi connectivity index (χ1v) is 8.98. The van der Waals surface area contributed by atoms with Gasteiger partial charge in [-0.1, -0.05) is 12.8 Å². The Morgan fingerprint density at radius 2 is 2.04 bits per heavy atom. The van der Waals surface area contributed by atoms with Crippen molar-refractivity contribution in [2.75, 3.05) is 13.1 Å². The van der Waals surface area contributed by atoms with Gasteiger partial charge in [-0.2, -0.15) is 5.10 Å². The summed E-state index contributed by atoms with van der Waals surface area (Å²) in [6, 6.07) is 3.46. The summed E-state index contributed by atoms with van der Waals surface area (Å²) < 4.78 is 3.02. The number of amides is 1. The molecule has 3 aromatic heterocycles. The third-order valence-electron chi connectivity index (χ3n) is 5.83. The number of hydrogen-bond acceptors (Lipinski definition) is 4. The normalized spacial score (nSPS) is 18.6. The zero-order valence-electron chi connectivity index (χ0n) is 14.6. The fraction of sp³-hybridized carbons (Fsp3) is 0.444. The quantitative estimate of drug-likeness (QED) is 0.758. The van der Waals surface area contributed by atoms with Crippen molar-refractivity contribution < 1.29 is 4.79 Å². The minimum absolute atomic E-state index is 0.00987. The second-order valence-electron chi connectivity index (χ2n) is 7.54. The van der Waals surface area contributed by atoms with E-state index in [9.17, 15) is 9.59 Å². The van der Waals surface area contributed by atoms with Crippen molar-refractivity contribution in [1.82, 2.24) is 29.3 Å². The van der Waals surface area contributed by atoms with Gasteiger partial charge in [0.15, 0.2) is 0 Å². The van der Waals surface area contributed by atoms with E-state index in [0.717, 1.165) is 13.1 Å². The van der Waals surface area contributed by atoms with Gasteiger partial charge in [0, 0.05) is 24.7 Å². The summed E-state index contributed by atoms with van der Waals surface area (Å²) >= 11 is 0. The van der Waals surface area contributed by atoms with Gasteiger partial charge in [-0.3, -0.25) is 14.6 Å². The molecule has 1 spiro atoms. The average molecular weight is 352 g/mol. The van der Waals surface area contributed by atoms with Crippen molar-refractivity contribution in [3.05, 3.63) is 46.1 Å². The van der Waals surface area contributed by atoms with Gasteiger partial charge < -0.3 is 4.90 Å². The molecule has 2 aliphatic rings. The predicted molar refractivity (Wildman–Crippen MR) is 94.5 cm³/mol. The Bertz CT molecular complexity index is 1060. The van der Waals surface area contributed by atoms with Crippen LogP contribution in [0.1, 0.15) is 41.7 Å². The fourth-order valence-electron chi connectivity index (χ4n) is 4.38. The molecule has 0 atom stereocenters. The van der Waals surface area contributed by atoms with E-state index in [0.29, 0.717) is 28.1 Å². The topological polar surface area (TPSA) is 88.3 Å². The van der Waals surface area contributed by atoms with Crippen molar-refractivity contribution in [2.45, 2.75) is 32.6 Å². The number of H-pyrrole nitrogens is 1. The number of fused-ring (bicyclic) bond motifs is 1. The van der Waals surface area contributed by atoms with E-state index in [1.54, 1.807) is 24.5 Å². The van der Waals surface area contributed by atoms with E-state index in [4.69, 9.17) is 0 Å². The lowest BCUT2D eigenvalue weighted by molar-refractivity contribution is 0.00926. The lowest BCUT2D eigenvalue weighted by Crippen LogP contribution is -2.57. The summed E-state index contributed by atoms with van der Waals surface area (Å²) in [6.45, 7) is 3.52. The molecular weight excluding hydrogens is 332 g/mol. The number of carbonyl (C=O) groups excluding carboxylic acids is 1. The smallest absolute Gasteiger partial charge is 0.276 e. The predicted octanol–water partition coefficient (Wildman–Crippen LogP) is 1.53. The van der Waals surface area contributed by atoms with Crippen LogP contribution in [0.15, 0.2) is 29.3 Å². The molecular formula is C18H20N6O2. The largest absolute Gasteiger partial charge is 0.337 e. The number of aromatic nitrogens is 5. The highest BCUT2D eigenvalue weighted by molar-refractivity contribution is 5.95.